The predicted molar refractivity (Wildman–Crippen MR) is 86.0 cm³/mol. The van der Waals surface area contributed by atoms with Crippen LogP contribution in [0.4, 0.5) is 0 Å². The summed E-state index contributed by atoms with van der Waals surface area (Å²) in [6, 6.07) is 5.92. The number of amides is 1. The summed E-state index contributed by atoms with van der Waals surface area (Å²) in [7, 11) is 0. The van der Waals surface area contributed by atoms with Crippen LogP contribution in [0.1, 0.15) is 33.3 Å². The van der Waals surface area contributed by atoms with Crippen molar-refractivity contribution < 1.29 is 14.3 Å². The molecule has 0 aliphatic carbocycles. The maximum Gasteiger partial charge on any atom is 0.223 e. The second-order valence-electron chi connectivity index (χ2n) is 6.30. The van der Waals surface area contributed by atoms with Crippen molar-refractivity contribution in [1.82, 2.24) is 5.32 Å². The SMILES string of the molecule is CC(C)C(=O)NCC#CCOc1cccc2c1OC(C)(C)C2. The fourth-order valence-corrected chi connectivity index (χ4v) is 2.26. The first-order valence-electron chi connectivity index (χ1n) is 7.56. The molecule has 0 spiro atoms. The Morgan fingerprint density at radius 3 is 2.91 bits per heavy atom. The molecular weight excluding hydrogens is 278 g/mol. The normalized spacial score (nSPS) is 14.6. The largest absolute Gasteiger partial charge is 0.483 e. The molecule has 0 radical (unpaired) electrons. The van der Waals surface area contributed by atoms with Crippen molar-refractivity contribution in [3.63, 3.8) is 0 Å². The van der Waals surface area contributed by atoms with Gasteiger partial charge in [-0.25, -0.2) is 0 Å². The van der Waals surface area contributed by atoms with Gasteiger partial charge in [0.2, 0.25) is 5.91 Å². The van der Waals surface area contributed by atoms with Crippen LogP contribution in [0.25, 0.3) is 0 Å². The number of benzene rings is 1. The average Bonchev–Trinajstić information content (AvgIpc) is 2.76. The molecule has 0 unspecified atom stereocenters. The van der Waals surface area contributed by atoms with E-state index in [2.05, 4.69) is 37.1 Å². The summed E-state index contributed by atoms with van der Waals surface area (Å²) in [4.78, 5) is 11.4. The Morgan fingerprint density at radius 1 is 1.41 bits per heavy atom. The molecule has 22 heavy (non-hydrogen) atoms. The molecule has 4 heteroatoms. The number of hydrogen-bond acceptors (Lipinski definition) is 3. The number of ether oxygens (including phenoxy) is 2. The Kier molecular flexibility index (Phi) is 4.97. The number of fused-ring (bicyclic) bond motifs is 1. The van der Waals surface area contributed by atoms with E-state index in [9.17, 15) is 4.79 Å². The third-order valence-electron chi connectivity index (χ3n) is 3.36. The van der Waals surface area contributed by atoms with E-state index in [0.29, 0.717) is 6.54 Å². The van der Waals surface area contributed by atoms with Crippen molar-refractivity contribution in [2.75, 3.05) is 13.2 Å². The molecule has 0 saturated carbocycles. The Bertz CT molecular complexity index is 608. The van der Waals surface area contributed by atoms with Crippen molar-refractivity contribution in [3.8, 4) is 23.3 Å². The fraction of sp³-hybridized carbons (Fsp3) is 0.500. The summed E-state index contributed by atoms with van der Waals surface area (Å²) in [6.07, 6.45) is 0.881. The Hall–Kier alpha value is -2.15. The molecule has 0 saturated heterocycles. The average molecular weight is 301 g/mol. The molecule has 1 amide bonds. The van der Waals surface area contributed by atoms with Crippen LogP contribution in [-0.4, -0.2) is 24.7 Å². The van der Waals surface area contributed by atoms with Gasteiger partial charge in [-0.3, -0.25) is 4.79 Å². The second kappa shape index (κ2) is 6.74. The topological polar surface area (TPSA) is 47.6 Å². The zero-order chi connectivity index (χ0) is 16.2. The first-order chi connectivity index (χ1) is 10.4. The number of rotatable bonds is 4. The maximum absolute atomic E-state index is 11.4. The minimum absolute atomic E-state index is 0.00623. The molecule has 4 nitrogen and oxygen atoms in total. The predicted octanol–water partition coefficient (Wildman–Crippen LogP) is 2.55. The zero-order valence-corrected chi connectivity index (χ0v) is 13.7. The van der Waals surface area contributed by atoms with Gasteiger partial charge in [0.1, 0.15) is 12.2 Å². The van der Waals surface area contributed by atoms with Crippen LogP contribution in [0.3, 0.4) is 0 Å². The summed E-state index contributed by atoms with van der Waals surface area (Å²) in [5.41, 5.74) is 0.980. The van der Waals surface area contributed by atoms with Crippen LogP contribution in [0.2, 0.25) is 0 Å². The third kappa shape index (κ3) is 4.17. The molecule has 1 N–H and O–H groups in total. The number of carbonyl (C=O) groups excluding carboxylic acids is 1. The lowest BCUT2D eigenvalue weighted by atomic mass is 10.0. The van der Waals surface area contributed by atoms with Crippen LogP contribution in [0.15, 0.2) is 18.2 Å². The Labute approximate surface area is 132 Å². The van der Waals surface area contributed by atoms with E-state index in [1.807, 2.05) is 26.0 Å². The monoisotopic (exact) mass is 301 g/mol. The molecule has 0 fully saturated rings. The quantitative estimate of drug-likeness (QED) is 0.870. The first-order valence-corrected chi connectivity index (χ1v) is 7.56. The van der Waals surface area contributed by atoms with Crippen LogP contribution in [0.5, 0.6) is 11.5 Å². The molecule has 0 aromatic heterocycles. The Balaban J connectivity index is 1.85. The van der Waals surface area contributed by atoms with Crippen LogP contribution < -0.4 is 14.8 Å². The van der Waals surface area contributed by atoms with Gasteiger partial charge in [-0.2, -0.15) is 0 Å². The number of carbonyl (C=O) groups is 1. The third-order valence-corrected chi connectivity index (χ3v) is 3.36. The van der Waals surface area contributed by atoms with Gasteiger partial charge >= 0.3 is 0 Å². The van der Waals surface area contributed by atoms with Gasteiger partial charge in [-0.1, -0.05) is 37.8 Å². The summed E-state index contributed by atoms with van der Waals surface area (Å²) >= 11 is 0. The van der Waals surface area contributed by atoms with E-state index in [-0.39, 0.29) is 24.0 Å². The summed E-state index contributed by atoms with van der Waals surface area (Å²) in [6.45, 7) is 8.45. The van der Waals surface area contributed by atoms with Crippen LogP contribution >= 0.6 is 0 Å². The van der Waals surface area contributed by atoms with Crippen LogP contribution in [-0.2, 0) is 11.2 Å². The van der Waals surface area contributed by atoms with Crippen molar-refractivity contribution >= 4 is 5.91 Å². The van der Waals surface area contributed by atoms with Gasteiger partial charge in [0.25, 0.3) is 0 Å². The van der Waals surface area contributed by atoms with Crippen molar-refractivity contribution in [2.45, 2.75) is 39.7 Å². The highest BCUT2D eigenvalue weighted by atomic mass is 16.5. The molecule has 0 atom stereocenters. The van der Waals surface area contributed by atoms with Gasteiger partial charge in [0.05, 0.1) is 6.54 Å². The van der Waals surface area contributed by atoms with E-state index in [1.54, 1.807) is 0 Å². The van der Waals surface area contributed by atoms with Gasteiger partial charge in [-0.15, -0.1) is 0 Å². The van der Waals surface area contributed by atoms with Crippen LogP contribution in [0, 0.1) is 17.8 Å². The standard InChI is InChI=1S/C18H23NO3/c1-13(2)17(20)19-10-5-6-11-21-15-9-7-8-14-12-18(3,4)22-16(14)15/h7-9,13H,10-12H2,1-4H3,(H,19,20). The highest BCUT2D eigenvalue weighted by Crippen LogP contribution is 2.41. The first kappa shape index (κ1) is 16.2. The smallest absolute Gasteiger partial charge is 0.223 e. The van der Waals surface area contributed by atoms with Crippen molar-refractivity contribution in [3.05, 3.63) is 23.8 Å². The highest BCUT2D eigenvalue weighted by molar-refractivity contribution is 5.78. The maximum atomic E-state index is 11.4. The van der Waals surface area contributed by atoms with E-state index in [0.717, 1.165) is 17.9 Å². The van der Waals surface area contributed by atoms with Gasteiger partial charge < -0.3 is 14.8 Å². The minimum atomic E-state index is -0.186. The molecule has 2 rings (SSSR count). The number of para-hydroxylation sites is 1. The summed E-state index contributed by atoms with van der Waals surface area (Å²) < 4.78 is 11.6. The minimum Gasteiger partial charge on any atom is -0.483 e. The number of nitrogens with one attached hydrogen (secondary N) is 1. The van der Waals surface area contributed by atoms with Gasteiger partial charge in [0.15, 0.2) is 11.5 Å². The second-order valence-corrected chi connectivity index (χ2v) is 6.30. The molecular formula is C18H23NO3. The number of hydrogen-bond donors (Lipinski definition) is 1. The molecule has 1 aliphatic heterocycles. The lowest BCUT2D eigenvalue weighted by molar-refractivity contribution is -0.123. The van der Waals surface area contributed by atoms with E-state index in [4.69, 9.17) is 9.47 Å². The van der Waals surface area contributed by atoms with Crippen molar-refractivity contribution in [1.29, 1.82) is 0 Å². The lowest BCUT2D eigenvalue weighted by Crippen LogP contribution is -2.27. The summed E-state index contributed by atoms with van der Waals surface area (Å²) in [5, 5.41) is 2.74. The Morgan fingerprint density at radius 2 is 2.18 bits per heavy atom. The summed E-state index contributed by atoms with van der Waals surface area (Å²) in [5.74, 6) is 7.31. The molecule has 1 aromatic rings. The van der Waals surface area contributed by atoms with E-state index >= 15 is 0 Å². The van der Waals surface area contributed by atoms with E-state index < -0.39 is 0 Å². The molecule has 1 aromatic carbocycles. The van der Waals surface area contributed by atoms with Crippen molar-refractivity contribution in [2.24, 2.45) is 5.92 Å². The van der Waals surface area contributed by atoms with Gasteiger partial charge in [-0.05, 0) is 19.9 Å². The molecule has 1 heterocycles. The lowest BCUT2D eigenvalue weighted by Gasteiger charge is -2.17. The van der Waals surface area contributed by atoms with E-state index in [1.165, 1.54) is 5.56 Å². The fourth-order valence-electron chi connectivity index (χ4n) is 2.26. The molecule has 0 bridgehead atoms. The highest BCUT2D eigenvalue weighted by Gasteiger charge is 2.32. The molecule has 118 valence electrons. The zero-order valence-electron chi connectivity index (χ0n) is 13.7. The molecule has 1 aliphatic rings. The van der Waals surface area contributed by atoms with Gasteiger partial charge in [0, 0.05) is 17.9 Å².